The zero-order chi connectivity index (χ0) is 32.6. The van der Waals surface area contributed by atoms with Gasteiger partial charge in [-0.1, -0.05) is 116 Å². The van der Waals surface area contributed by atoms with Crippen molar-refractivity contribution in [2.75, 3.05) is 13.6 Å². The molecule has 1 amide bonds. The van der Waals surface area contributed by atoms with Crippen molar-refractivity contribution >= 4 is 5.91 Å². The van der Waals surface area contributed by atoms with Gasteiger partial charge in [-0.25, -0.2) is 0 Å². The van der Waals surface area contributed by atoms with Gasteiger partial charge in [0.2, 0.25) is 0 Å². The first-order valence-corrected chi connectivity index (χ1v) is 16.2. The van der Waals surface area contributed by atoms with E-state index in [4.69, 9.17) is 9.47 Å². The molecule has 2 N–H and O–H groups in total. The van der Waals surface area contributed by atoms with E-state index in [1.165, 1.54) is 5.56 Å². The van der Waals surface area contributed by atoms with Crippen LogP contribution in [-0.4, -0.2) is 35.6 Å². The van der Waals surface area contributed by atoms with Crippen LogP contribution in [0.2, 0.25) is 0 Å². The number of hydrogen-bond donors (Lipinski definition) is 2. The number of ether oxygens (including phenoxy) is 2. The topological polar surface area (TPSA) is 71.0 Å². The Morgan fingerprint density at radius 2 is 1.38 bits per heavy atom. The predicted octanol–water partition coefficient (Wildman–Crippen LogP) is 7.70. The predicted molar refractivity (Wildman–Crippen MR) is 185 cm³/mol. The quantitative estimate of drug-likeness (QED) is 0.157. The minimum Gasteiger partial charge on any atom is -0.392 e. The third-order valence-corrected chi connectivity index (χ3v) is 8.82. The lowest BCUT2D eigenvalue weighted by atomic mass is 9.90. The van der Waals surface area contributed by atoms with Gasteiger partial charge in [-0.15, -0.1) is 0 Å². The summed E-state index contributed by atoms with van der Waals surface area (Å²) in [6.07, 6.45) is -0.820. The number of carbonyl (C=O) groups excluding carboxylic acids is 1. The molecule has 0 saturated carbocycles. The lowest BCUT2D eigenvalue weighted by Crippen LogP contribution is -2.43. The Balaban J connectivity index is 1.22. The molecule has 4 atom stereocenters. The number of aliphatic hydroxyl groups is 1. The molecule has 6 heteroatoms. The molecule has 0 spiro atoms. The van der Waals surface area contributed by atoms with E-state index >= 15 is 0 Å². The summed E-state index contributed by atoms with van der Waals surface area (Å²) < 4.78 is 13.5. The second kappa shape index (κ2) is 15.3. The Hall–Kier alpha value is -4.59. The molecule has 47 heavy (non-hydrogen) atoms. The average molecular weight is 627 g/mol. The summed E-state index contributed by atoms with van der Waals surface area (Å²) in [5.41, 5.74) is 7.92. The number of carbonyl (C=O) groups is 1. The number of benzene rings is 5. The van der Waals surface area contributed by atoms with E-state index in [-0.39, 0.29) is 30.6 Å². The highest BCUT2D eigenvalue weighted by atomic mass is 16.7. The van der Waals surface area contributed by atoms with Crippen molar-refractivity contribution in [3.05, 3.63) is 167 Å². The third kappa shape index (κ3) is 8.23. The van der Waals surface area contributed by atoms with Crippen LogP contribution in [0.4, 0.5) is 0 Å². The van der Waals surface area contributed by atoms with E-state index < -0.39 is 6.29 Å². The highest BCUT2D eigenvalue weighted by molar-refractivity contribution is 5.94. The molecule has 1 fully saturated rings. The highest BCUT2D eigenvalue weighted by Gasteiger charge is 2.38. The van der Waals surface area contributed by atoms with E-state index in [0.717, 1.165) is 46.5 Å². The number of rotatable bonds is 11. The molecule has 5 aromatic rings. The molecule has 1 aliphatic rings. The normalized spacial score (nSPS) is 19.4. The van der Waals surface area contributed by atoms with Crippen molar-refractivity contribution in [3.63, 3.8) is 0 Å². The first-order chi connectivity index (χ1) is 23.0. The average Bonchev–Trinajstić information content (AvgIpc) is 3.12. The molecule has 0 bridgehead atoms. The van der Waals surface area contributed by atoms with Gasteiger partial charge in [0, 0.05) is 36.7 Å². The minimum atomic E-state index is -0.558. The number of amides is 1. The Kier molecular flexibility index (Phi) is 10.6. The van der Waals surface area contributed by atoms with Crippen molar-refractivity contribution in [3.8, 4) is 11.1 Å². The fourth-order valence-corrected chi connectivity index (χ4v) is 6.19. The summed E-state index contributed by atoms with van der Waals surface area (Å²) in [5.74, 6) is -0.00115. The molecule has 6 nitrogen and oxygen atoms in total. The molecular formula is C41H42N2O4. The Morgan fingerprint density at radius 3 is 2.11 bits per heavy atom. The van der Waals surface area contributed by atoms with E-state index in [1.54, 1.807) is 0 Å². The number of nitrogens with zero attached hydrogens (tertiary/aromatic N) is 1. The van der Waals surface area contributed by atoms with Crippen LogP contribution in [0.5, 0.6) is 0 Å². The smallest absolute Gasteiger partial charge is 0.251 e. The summed E-state index contributed by atoms with van der Waals surface area (Å²) >= 11 is 0. The first-order valence-electron chi connectivity index (χ1n) is 16.2. The second-order valence-electron chi connectivity index (χ2n) is 12.4. The van der Waals surface area contributed by atoms with Gasteiger partial charge >= 0.3 is 0 Å². The van der Waals surface area contributed by atoms with Gasteiger partial charge in [-0.2, -0.15) is 0 Å². The lowest BCUT2D eigenvalue weighted by molar-refractivity contribution is -0.276. The summed E-state index contributed by atoms with van der Waals surface area (Å²) in [5, 5.41) is 12.6. The molecule has 0 aromatic heterocycles. The van der Waals surface area contributed by atoms with Crippen LogP contribution >= 0.6 is 0 Å². The molecule has 1 saturated heterocycles. The summed E-state index contributed by atoms with van der Waals surface area (Å²) in [4.78, 5) is 14.9. The maximum Gasteiger partial charge on any atom is 0.251 e. The first kappa shape index (κ1) is 32.4. The van der Waals surface area contributed by atoms with Crippen LogP contribution in [0, 0.1) is 5.92 Å². The van der Waals surface area contributed by atoms with Crippen molar-refractivity contribution < 1.29 is 19.4 Å². The van der Waals surface area contributed by atoms with Crippen molar-refractivity contribution in [2.24, 2.45) is 5.92 Å². The molecule has 6 rings (SSSR count). The van der Waals surface area contributed by atoms with Gasteiger partial charge in [-0.3, -0.25) is 9.69 Å². The van der Waals surface area contributed by atoms with E-state index in [1.807, 2.05) is 66.7 Å². The Labute approximate surface area is 277 Å². The molecule has 240 valence electrons. The van der Waals surface area contributed by atoms with Gasteiger partial charge in [0.25, 0.3) is 5.91 Å². The maximum absolute atomic E-state index is 12.6. The van der Waals surface area contributed by atoms with Crippen LogP contribution in [0.15, 0.2) is 133 Å². The monoisotopic (exact) mass is 626 g/mol. The number of aliphatic hydroxyl groups excluding tert-OH is 1. The number of hydrogen-bond acceptors (Lipinski definition) is 5. The minimum absolute atomic E-state index is 0.00733. The fourth-order valence-electron chi connectivity index (χ4n) is 6.19. The highest BCUT2D eigenvalue weighted by Crippen LogP contribution is 2.42. The van der Waals surface area contributed by atoms with Gasteiger partial charge in [-0.05, 0) is 64.7 Å². The standard InChI is InChI=1S/C41H42N2O4/c1-29-38(27-43(2)26-30-11-5-3-6-12-30)46-41(47-39(29)33-21-19-31(28-44)20-22-33)37-18-10-17-36(24-37)35-16-9-13-32(23-35)25-42-40(45)34-14-7-4-8-15-34/h3-24,29,38-39,41,44H,25-28H2,1-2H3,(H,42,45)/t29-,38+,39+,41+/m0/s1. The number of nitrogens with one attached hydrogen (secondary N) is 1. The van der Waals surface area contributed by atoms with Crippen molar-refractivity contribution in [2.45, 2.75) is 45.1 Å². The third-order valence-electron chi connectivity index (χ3n) is 8.82. The van der Waals surface area contributed by atoms with Crippen LogP contribution in [0.3, 0.4) is 0 Å². The zero-order valence-electron chi connectivity index (χ0n) is 27.0. The van der Waals surface area contributed by atoms with E-state index in [2.05, 4.69) is 90.9 Å². The van der Waals surface area contributed by atoms with E-state index in [9.17, 15) is 9.90 Å². The zero-order valence-corrected chi connectivity index (χ0v) is 27.0. The van der Waals surface area contributed by atoms with Gasteiger partial charge in [0.15, 0.2) is 6.29 Å². The molecule has 0 radical (unpaired) electrons. The lowest BCUT2D eigenvalue weighted by Gasteiger charge is -2.42. The molecule has 0 aliphatic carbocycles. The van der Waals surface area contributed by atoms with Gasteiger partial charge < -0.3 is 19.9 Å². The largest absolute Gasteiger partial charge is 0.392 e. The second-order valence-corrected chi connectivity index (χ2v) is 12.4. The molecular weight excluding hydrogens is 584 g/mol. The summed E-state index contributed by atoms with van der Waals surface area (Å²) in [7, 11) is 2.13. The summed E-state index contributed by atoms with van der Waals surface area (Å²) in [6.45, 7) is 4.21. The molecule has 5 aromatic carbocycles. The summed E-state index contributed by atoms with van der Waals surface area (Å²) in [6, 6.07) is 44.3. The van der Waals surface area contributed by atoms with Crippen molar-refractivity contribution in [1.82, 2.24) is 10.2 Å². The van der Waals surface area contributed by atoms with Crippen molar-refractivity contribution in [1.29, 1.82) is 0 Å². The Morgan fingerprint density at radius 1 is 0.723 bits per heavy atom. The fraction of sp³-hybridized carbons (Fsp3) is 0.244. The molecule has 0 unspecified atom stereocenters. The van der Waals surface area contributed by atoms with Crippen LogP contribution < -0.4 is 5.32 Å². The van der Waals surface area contributed by atoms with Crippen LogP contribution in [-0.2, 0) is 29.2 Å². The van der Waals surface area contributed by atoms with Crippen LogP contribution in [0.25, 0.3) is 11.1 Å². The Bertz CT molecular complexity index is 1740. The maximum atomic E-state index is 12.6. The van der Waals surface area contributed by atoms with Gasteiger partial charge in [0.05, 0.1) is 18.8 Å². The SMILES string of the molecule is C[C@H]1[C@@H](CN(C)Cc2ccccc2)O[C@@H](c2cccc(-c3cccc(CNC(=O)c4ccccc4)c3)c2)O[C@H]1c1ccc(CO)cc1. The molecule has 1 aliphatic heterocycles. The van der Waals surface area contributed by atoms with E-state index in [0.29, 0.717) is 12.1 Å². The van der Waals surface area contributed by atoms with Crippen LogP contribution in [0.1, 0.15) is 57.5 Å². The molecule has 1 heterocycles. The van der Waals surface area contributed by atoms with Gasteiger partial charge in [0.1, 0.15) is 0 Å². The number of likely N-dealkylation sites (N-methyl/N-ethyl adjacent to an activating group) is 1.